The first-order valence-corrected chi connectivity index (χ1v) is 10.7. The maximum atomic E-state index is 10.7. The fourth-order valence-corrected chi connectivity index (χ4v) is 3.94. The van der Waals surface area contributed by atoms with Crippen LogP contribution in [0.5, 0.6) is 28.7 Å². The van der Waals surface area contributed by atoms with Crippen molar-refractivity contribution in [2.24, 2.45) is 0 Å². The fraction of sp³-hybridized carbons (Fsp3) is 0.143. The van der Waals surface area contributed by atoms with E-state index in [1.165, 1.54) is 0 Å². The van der Waals surface area contributed by atoms with Gasteiger partial charge in [0, 0.05) is 11.3 Å². The van der Waals surface area contributed by atoms with Crippen LogP contribution in [0.4, 0.5) is 17.1 Å². The van der Waals surface area contributed by atoms with Crippen molar-refractivity contribution in [3.8, 4) is 28.7 Å². The number of para-hydroxylation sites is 2. The second kappa shape index (κ2) is 8.79. The summed E-state index contributed by atoms with van der Waals surface area (Å²) in [6, 6.07) is 21.7. The molecule has 0 heterocycles. The normalized spacial score (nSPS) is 10.8. The number of aryl methyl sites for hydroxylation is 3. The van der Waals surface area contributed by atoms with Gasteiger partial charge in [0.05, 0.1) is 11.4 Å². The van der Waals surface area contributed by atoms with Gasteiger partial charge >= 0.3 is 0 Å². The fourth-order valence-electron chi connectivity index (χ4n) is 3.94. The highest BCUT2D eigenvalue weighted by molar-refractivity contribution is 5.86. The van der Waals surface area contributed by atoms with Crippen LogP contribution in [0.1, 0.15) is 22.3 Å². The van der Waals surface area contributed by atoms with E-state index in [-0.39, 0.29) is 17.2 Å². The lowest BCUT2D eigenvalue weighted by Crippen LogP contribution is -2.13. The molecule has 0 aliphatic rings. The van der Waals surface area contributed by atoms with Crippen LogP contribution in [0.25, 0.3) is 0 Å². The number of benzene rings is 4. The topological polar surface area (TPSA) is 73.2 Å². The molecule has 0 atom stereocenters. The summed E-state index contributed by atoms with van der Waals surface area (Å²) in [5, 5.41) is 31.6. The van der Waals surface area contributed by atoms with Gasteiger partial charge in [0.25, 0.3) is 0 Å². The standard InChI is InChI=1S/C28H27NO4/c1-17-15-25(32)20(4)26(16-17)33-22-13-11-21(12-14-22)29(27-18(2)7-5-9-23(27)30)28-19(3)8-6-10-24(28)31/h5-16,30-32H,1-4H3. The van der Waals surface area contributed by atoms with Gasteiger partial charge in [0.2, 0.25) is 0 Å². The van der Waals surface area contributed by atoms with Crippen molar-refractivity contribution in [3.63, 3.8) is 0 Å². The first kappa shape index (κ1) is 22.1. The molecule has 0 radical (unpaired) electrons. The Kier molecular flexibility index (Phi) is 5.88. The molecule has 0 amide bonds. The van der Waals surface area contributed by atoms with Crippen molar-refractivity contribution in [3.05, 3.63) is 95.1 Å². The molecular weight excluding hydrogens is 414 g/mol. The highest BCUT2D eigenvalue weighted by atomic mass is 16.5. The molecular formula is C28H27NO4. The molecule has 0 fully saturated rings. The van der Waals surface area contributed by atoms with Gasteiger partial charge in [-0.1, -0.05) is 24.3 Å². The van der Waals surface area contributed by atoms with E-state index in [0.717, 1.165) is 22.4 Å². The van der Waals surface area contributed by atoms with Gasteiger partial charge in [-0.25, -0.2) is 0 Å². The number of nitrogens with zero attached hydrogens (tertiary/aromatic N) is 1. The predicted octanol–water partition coefficient (Wildman–Crippen LogP) is 7.30. The monoisotopic (exact) mass is 441 g/mol. The number of aromatic hydroxyl groups is 3. The summed E-state index contributed by atoms with van der Waals surface area (Å²) in [4.78, 5) is 1.85. The van der Waals surface area contributed by atoms with Crippen molar-refractivity contribution in [1.82, 2.24) is 0 Å². The van der Waals surface area contributed by atoms with Crippen LogP contribution in [0, 0.1) is 27.7 Å². The van der Waals surface area contributed by atoms with Crippen LogP contribution in [-0.2, 0) is 0 Å². The van der Waals surface area contributed by atoms with Crippen molar-refractivity contribution in [2.45, 2.75) is 27.7 Å². The second-order valence-electron chi connectivity index (χ2n) is 8.22. The van der Waals surface area contributed by atoms with Crippen LogP contribution in [-0.4, -0.2) is 15.3 Å². The Labute approximate surface area is 193 Å². The smallest absolute Gasteiger partial charge is 0.139 e. The van der Waals surface area contributed by atoms with Crippen molar-refractivity contribution >= 4 is 17.1 Å². The molecule has 0 unspecified atom stereocenters. The molecule has 4 aromatic carbocycles. The minimum absolute atomic E-state index is 0.115. The number of phenolic OH excluding ortho intramolecular Hbond substituents is 3. The van der Waals surface area contributed by atoms with Crippen LogP contribution in [0.2, 0.25) is 0 Å². The Morgan fingerprint density at radius 1 is 0.636 bits per heavy atom. The third kappa shape index (κ3) is 4.30. The maximum Gasteiger partial charge on any atom is 0.139 e. The molecule has 0 spiro atoms. The number of hydrogen-bond donors (Lipinski definition) is 3. The largest absolute Gasteiger partial charge is 0.508 e. The predicted molar refractivity (Wildman–Crippen MR) is 132 cm³/mol. The molecule has 0 bridgehead atoms. The Hall–Kier alpha value is -4.12. The zero-order valence-corrected chi connectivity index (χ0v) is 19.1. The Balaban J connectivity index is 1.79. The molecule has 5 heteroatoms. The van der Waals surface area contributed by atoms with E-state index in [2.05, 4.69) is 0 Å². The summed E-state index contributed by atoms with van der Waals surface area (Å²) in [6.45, 7) is 7.54. The van der Waals surface area contributed by atoms with Gasteiger partial charge in [-0.05, 0) is 92.9 Å². The molecule has 0 saturated carbocycles. The van der Waals surface area contributed by atoms with Crippen molar-refractivity contribution < 1.29 is 20.1 Å². The molecule has 0 aliphatic heterocycles. The first-order chi connectivity index (χ1) is 15.8. The average molecular weight is 442 g/mol. The second-order valence-corrected chi connectivity index (χ2v) is 8.22. The summed E-state index contributed by atoms with van der Waals surface area (Å²) in [5.41, 5.74) is 5.24. The van der Waals surface area contributed by atoms with E-state index in [0.29, 0.717) is 28.4 Å². The number of anilines is 3. The Bertz CT molecular complexity index is 1220. The highest BCUT2D eigenvalue weighted by Gasteiger charge is 2.22. The SMILES string of the molecule is Cc1cc(O)c(C)c(Oc2ccc(N(c3c(C)cccc3O)c3c(C)cccc3O)cc2)c1. The maximum absolute atomic E-state index is 10.7. The molecule has 4 rings (SSSR count). The number of ether oxygens (including phenoxy) is 1. The van der Waals surface area contributed by atoms with Crippen molar-refractivity contribution in [1.29, 1.82) is 0 Å². The van der Waals surface area contributed by atoms with Gasteiger partial charge in [0.15, 0.2) is 0 Å². The van der Waals surface area contributed by atoms with E-state index >= 15 is 0 Å². The third-order valence-corrected chi connectivity index (χ3v) is 5.68. The van der Waals surface area contributed by atoms with Gasteiger partial charge in [-0.3, -0.25) is 0 Å². The Morgan fingerprint density at radius 3 is 1.70 bits per heavy atom. The van der Waals surface area contributed by atoms with Crippen LogP contribution >= 0.6 is 0 Å². The lowest BCUT2D eigenvalue weighted by Gasteiger charge is -2.29. The van der Waals surface area contributed by atoms with Crippen LogP contribution in [0.15, 0.2) is 72.8 Å². The average Bonchev–Trinajstić information content (AvgIpc) is 2.76. The van der Waals surface area contributed by atoms with Gasteiger partial charge in [-0.15, -0.1) is 0 Å². The molecule has 5 nitrogen and oxygen atoms in total. The van der Waals surface area contributed by atoms with Gasteiger partial charge in [-0.2, -0.15) is 0 Å². The van der Waals surface area contributed by atoms with E-state index in [1.54, 1.807) is 30.3 Å². The summed E-state index contributed by atoms with van der Waals surface area (Å²) in [6.07, 6.45) is 0. The molecule has 168 valence electrons. The molecule has 3 N–H and O–H groups in total. The molecule has 4 aromatic rings. The van der Waals surface area contributed by atoms with E-state index < -0.39 is 0 Å². The zero-order chi connectivity index (χ0) is 23.7. The summed E-state index contributed by atoms with van der Waals surface area (Å²) in [7, 11) is 0. The van der Waals surface area contributed by atoms with Crippen LogP contribution < -0.4 is 9.64 Å². The molecule has 33 heavy (non-hydrogen) atoms. The van der Waals surface area contributed by atoms with E-state index in [4.69, 9.17) is 4.74 Å². The van der Waals surface area contributed by atoms with Crippen molar-refractivity contribution in [2.75, 3.05) is 4.90 Å². The summed E-state index contributed by atoms with van der Waals surface area (Å²) in [5.74, 6) is 1.62. The van der Waals surface area contributed by atoms with E-state index in [9.17, 15) is 15.3 Å². The number of rotatable bonds is 5. The highest BCUT2D eigenvalue weighted by Crippen LogP contribution is 2.46. The zero-order valence-electron chi connectivity index (χ0n) is 19.1. The first-order valence-electron chi connectivity index (χ1n) is 10.7. The van der Waals surface area contributed by atoms with Gasteiger partial charge in [0.1, 0.15) is 28.7 Å². The summed E-state index contributed by atoms with van der Waals surface area (Å²) < 4.78 is 6.03. The minimum Gasteiger partial charge on any atom is -0.508 e. The van der Waals surface area contributed by atoms with Crippen LogP contribution in [0.3, 0.4) is 0 Å². The molecule has 0 aliphatic carbocycles. The third-order valence-electron chi connectivity index (χ3n) is 5.68. The lowest BCUT2D eigenvalue weighted by molar-refractivity contribution is 0.447. The number of hydrogen-bond acceptors (Lipinski definition) is 5. The minimum atomic E-state index is 0.115. The molecule has 0 aromatic heterocycles. The Morgan fingerprint density at radius 2 is 1.18 bits per heavy atom. The number of phenols is 3. The molecule has 0 saturated heterocycles. The lowest BCUT2D eigenvalue weighted by atomic mass is 10.1. The van der Waals surface area contributed by atoms with Gasteiger partial charge < -0.3 is 25.0 Å². The quantitative estimate of drug-likeness (QED) is 0.303. The van der Waals surface area contributed by atoms with E-state index in [1.807, 2.05) is 75.1 Å². The summed E-state index contributed by atoms with van der Waals surface area (Å²) >= 11 is 0.